The second kappa shape index (κ2) is 7.55. The Hall–Kier alpha value is -4.10. The summed E-state index contributed by atoms with van der Waals surface area (Å²) in [6.07, 6.45) is 0. The molecule has 0 aliphatic heterocycles. The van der Waals surface area contributed by atoms with Gasteiger partial charge in [0.05, 0.1) is 11.0 Å². The first kappa shape index (κ1) is 18.7. The molecule has 0 aliphatic rings. The summed E-state index contributed by atoms with van der Waals surface area (Å²) < 4.78 is 2.37. The summed E-state index contributed by atoms with van der Waals surface area (Å²) in [6.45, 7) is 2.17. The van der Waals surface area contributed by atoms with Crippen LogP contribution in [-0.4, -0.2) is 4.57 Å². The molecule has 1 heterocycles. The Labute approximate surface area is 188 Å². The van der Waals surface area contributed by atoms with Crippen LogP contribution >= 0.6 is 0 Å². The van der Waals surface area contributed by atoms with Crippen LogP contribution in [0.3, 0.4) is 0 Å². The van der Waals surface area contributed by atoms with Crippen molar-refractivity contribution in [3.63, 3.8) is 0 Å². The predicted molar refractivity (Wildman–Crippen MR) is 136 cm³/mol. The van der Waals surface area contributed by atoms with E-state index >= 15 is 0 Å². The number of benzene rings is 5. The first-order valence-corrected chi connectivity index (χ1v) is 11.1. The topological polar surface area (TPSA) is 4.93 Å². The molecule has 1 aromatic heterocycles. The molecule has 0 bridgehead atoms. The Morgan fingerprint density at radius 1 is 0.469 bits per heavy atom. The Morgan fingerprint density at radius 2 is 1.06 bits per heavy atom. The molecule has 0 aliphatic carbocycles. The van der Waals surface area contributed by atoms with Crippen LogP contribution in [0.2, 0.25) is 0 Å². The number of aryl methyl sites for hydroxylation is 1. The zero-order valence-electron chi connectivity index (χ0n) is 18.0. The third kappa shape index (κ3) is 2.94. The number of para-hydroxylation sites is 2. The van der Waals surface area contributed by atoms with Crippen LogP contribution in [0.15, 0.2) is 121 Å². The Morgan fingerprint density at radius 3 is 1.84 bits per heavy atom. The van der Waals surface area contributed by atoms with Gasteiger partial charge in [-0.1, -0.05) is 97.1 Å². The van der Waals surface area contributed by atoms with E-state index in [2.05, 4.69) is 133 Å². The van der Waals surface area contributed by atoms with Crippen molar-refractivity contribution in [3.05, 3.63) is 127 Å². The van der Waals surface area contributed by atoms with E-state index < -0.39 is 0 Å². The van der Waals surface area contributed by atoms with Gasteiger partial charge in [0.15, 0.2) is 0 Å². The highest BCUT2D eigenvalue weighted by atomic mass is 15.0. The quantitative estimate of drug-likeness (QED) is 0.276. The number of nitrogens with zero attached hydrogens (tertiary/aromatic N) is 1. The van der Waals surface area contributed by atoms with E-state index in [0.29, 0.717) is 0 Å². The highest BCUT2D eigenvalue weighted by Gasteiger charge is 2.15. The van der Waals surface area contributed by atoms with E-state index in [1.165, 1.54) is 55.3 Å². The molecule has 0 unspecified atom stereocenters. The molecule has 5 aromatic carbocycles. The Bertz CT molecular complexity index is 1550. The van der Waals surface area contributed by atoms with Crippen LogP contribution in [0, 0.1) is 6.92 Å². The fourth-order valence-electron chi connectivity index (χ4n) is 4.84. The smallest absolute Gasteiger partial charge is 0.0547 e. The van der Waals surface area contributed by atoms with Crippen molar-refractivity contribution in [1.29, 1.82) is 0 Å². The summed E-state index contributed by atoms with van der Waals surface area (Å²) in [5, 5.41) is 2.58. The third-order valence-electron chi connectivity index (χ3n) is 6.36. The van der Waals surface area contributed by atoms with Crippen LogP contribution in [0.5, 0.6) is 0 Å². The molecular weight excluding hydrogens is 386 g/mol. The standard InChI is InChI=1S/C31H23N/c1-22-10-5-6-13-26(22)23-18-20-24(21-19-23)27-15-9-17-30-31(27)28-14-7-8-16-29(28)32(30)25-11-3-2-4-12-25/h2-21H,1H3. The van der Waals surface area contributed by atoms with Gasteiger partial charge in [0.25, 0.3) is 0 Å². The number of aromatic nitrogens is 1. The molecule has 0 saturated heterocycles. The lowest BCUT2D eigenvalue weighted by Crippen LogP contribution is -1.92. The fourth-order valence-corrected chi connectivity index (χ4v) is 4.84. The van der Waals surface area contributed by atoms with Gasteiger partial charge < -0.3 is 4.57 Å². The molecule has 6 aromatic rings. The van der Waals surface area contributed by atoms with Gasteiger partial charge in [-0.25, -0.2) is 0 Å². The zero-order valence-corrected chi connectivity index (χ0v) is 18.0. The Balaban J connectivity index is 1.58. The van der Waals surface area contributed by atoms with E-state index in [1.54, 1.807) is 0 Å². The summed E-state index contributed by atoms with van der Waals surface area (Å²) in [5.74, 6) is 0. The SMILES string of the molecule is Cc1ccccc1-c1ccc(-c2cccc3c2c2ccccc2n3-c2ccccc2)cc1. The molecule has 0 fully saturated rings. The molecule has 6 rings (SSSR count). The highest BCUT2D eigenvalue weighted by molar-refractivity contribution is 6.15. The van der Waals surface area contributed by atoms with Crippen molar-refractivity contribution < 1.29 is 0 Å². The molecule has 0 atom stereocenters. The first-order chi connectivity index (χ1) is 15.8. The second-order valence-corrected chi connectivity index (χ2v) is 8.28. The van der Waals surface area contributed by atoms with Crippen molar-refractivity contribution in [1.82, 2.24) is 4.57 Å². The van der Waals surface area contributed by atoms with Crippen LogP contribution in [0.1, 0.15) is 5.56 Å². The van der Waals surface area contributed by atoms with Gasteiger partial charge in [-0.3, -0.25) is 0 Å². The summed E-state index contributed by atoms with van der Waals surface area (Å²) in [6, 6.07) is 43.5. The third-order valence-corrected chi connectivity index (χ3v) is 6.36. The number of fused-ring (bicyclic) bond motifs is 3. The molecule has 0 saturated carbocycles. The normalized spacial score (nSPS) is 11.3. The van der Waals surface area contributed by atoms with E-state index in [1.807, 2.05) is 0 Å². The molecule has 1 heteroatoms. The molecule has 0 radical (unpaired) electrons. The van der Waals surface area contributed by atoms with Crippen molar-refractivity contribution in [2.45, 2.75) is 6.92 Å². The number of hydrogen-bond acceptors (Lipinski definition) is 0. The van der Waals surface area contributed by atoms with Crippen molar-refractivity contribution in [3.8, 4) is 27.9 Å². The second-order valence-electron chi connectivity index (χ2n) is 8.28. The van der Waals surface area contributed by atoms with Crippen molar-refractivity contribution in [2.75, 3.05) is 0 Å². The molecule has 0 spiro atoms. The molecule has 152 valence electrons. The maximum atomic E-state index is 2.37. The van der Waals surface area contributed by atoms with E-state index in [9.17, 15) is 0 Å². The average Bonchev–Trinajstić information content (AvgIpc) is 3.20. The first-order valence-electron chi connectivity index (χ1n) is 11.1. The summed E-state index contributed by atoms with van der Waals surface area (Å²) >= 11 is 0. The summed E-state index contributed by atoms with van der Waals surface area (Å²) in [7, 11) is 0. The zero-order chi connectivity index (χ0) is 21.5. The van der Waals surface area contributed by atoms with Crippen molar-refractivity contribution in [2.24, 2.45) is 0 Å². The van der Waals surface area contributed by atoms with Gasteiger partial charge in [-0.05, 0) is 59.0 Å². The minimum atomic E-state index is 1.19. The maximum Gasteiger partial charge on any atom is 0.0547 e. The van der Waals surface area contributed by atoms with Crippen LogP contribution < -0.4 is 0 Å². The molecule has 32 heavy (non-hydrogen) atoms. The summed E-state index contributed by atoms with van der Waals surface area (Å²) in [4.78, 5) is 0. The van der Waals surface area contributed by atoms with Crippen LogP contribution in [-0.2, 0) is 0 Å². The number of hydrogen-bond donors (Lipinski definition) is 0. The lowest BCUT2D eigenvalue weighted by molar-refractivity contribution is 1.18. The lowest BCUT2D eigenvalue weighted by Gasteiger charge is -2.10. The number of rotatable bonds is 3. The average molecular weight is 410 g/mol. The highest BCUT2D eigenvalue weighted by Crippen LogP contribution is 2.38. The maximum absolute atomic E-state index is 2.37. The minimum Gasteiger partial charge on any atom is -0.309 e. The fraction of sp³-hybridized carbons (Fsp3) is 0.0323. The van der Waals surface area contributed by atoms with Gasteiger partial charge in [-0.15, -0.1) is 0 Å². The molecule has 0 amide bonds. The predicted octanol–water partition coefficient (Wildman–Crippen LogP) is 8.43. The molecule has 0 N–H and O–H groups in total. The van der Waals surface area contributed by atoms with Gasteiger partial charge in [-0.2, -0.15) is 0 Å². The largest absolute Gasteiger partial charge is 0.309 e. The van der Waals surface area contributed by atoms with E-state index in [-0.39, 0.29) is 0 Å². The van der Waals surface area contributed by atoms with Gasteiger partial charge in [0.2, 0.25) is 0 Å². The van der Waals surface area contributed by atoms with Gasteiger partial charge in [0.1, 0.15) is 0 Å². The lowest BCUT2D eigenvalue weighted by atomic mass is 9.95. The molecular formula is C31H23N. The van der Waals surface area contributed by atoms with E-state index in [0.717, 1.165) is 0 Å². The summed E-state index contributed by atoms with van der Waals surface area (Å²) in [5.41, 5.74) is 10.0. The van der Waals surface area contributed by atoms with Crippen molar-refractivity contribution >= 4 is 21.8 Å². The Kier molecular flexibility index (Phi) is 4.40. The minimum absolute atomic E-state index is 1.19. The van der Waals surface area contributed by atoms with Crippen LogP contribution in [0.25, 0.3) is 49.7 Å². The van der Waals surface area contributed by atoms with Gasteiger partial charge in [0, 0.05) is 16.5 Å². The van der Waals surface area contributed by atoms with E-state index in [4.69, 9.17) is 0 Å². The van der Waals surface area contributed by atoms with Crippen LogP contribution in [0.4, 0.5) is 0 Å². The molecule has 1 nitrogen and oxygen atoms in total. The monoisotopic (exact) mass is 409 g/mol. The van der Waals surface area contributed by atoms with Gasteiger partial charge >= 0.3 is 0 Å².